The molecule has 0 aromatic rings. The average Bonchev–Trinajstić information content (AvgIpc) is 3.24. The van der Waals surface area contributed by atoms with Gasteiger partial charge in [-0.15, -0.1) is 0 Å². The first-order chi connectivity index (χ1) is 20.8. The van der Waals surface area contributed by atoms with E-state index in [2.05, 4.69) is 6.58 Å². The fourth-order valence-electron chi connectivity index (χ4n) is 5.89. The van der Waals surface area contributed by atoms with Crippen molar-refractivity contribution in [1.82, 2.24) is 0 Å². The molecule has 2 rings (SSSR count). The fraction of sp³-hybridized carbons (Fsp3) is 0.771. The van der Waals surface area contributed by atoms with Gasteiger partial charge in [-0.2, -0.15) is 0 Å². The summed E-state index contributed by atoms with van der Waals surface area (Å²) >= 11 is 0. The molecule has 1 saturated carbocycles. The third kappa shape index (κ3) is 8.24. The molecule has 2 aliphatic rings. The maximum Gasteiger partial charge on any atom is 0.309 e. The zero-order chi connectivity index (χ0) is 34.6. The van der Waals surface area contributed by atoms with Gasteiger partial charge in [0.25, 0.3) is 0 Å². The van der Waals surface area contributed by atoms with Crippen molar-refractivity contribution in [3.8, 4) is 0 Å². The van der Waals surface area contributed by atoms with E-state index < -0.39 is 101 Å². The molecule has 0 aromatic heterocycles. The Labute approximate surface area is 268 Å². The van der Waals surface area contributed by atoms with Crippen molar-refractivity contribution in [2.75, 3.05) is 0 Å². The summed E-state index contributed by atoms with van der Waals surface area (Å²) in [5.41, 5.74) is -3.42. The topological polar surface area (TPSA) is 157 Å². The summed E-state index contributed by atoms with van der Waals surface area (Å²) in [5, 5.41) is 35.6. The molecule has 0 aromatic carbocycles. The van der Waals surface area contributed by atoms with Crippen molar-refractivity contribution < 1.29 is 48.7 Å². The van der Waals surface area contributed by atoms with Crippen molar-refractivity contribution in [2.24, 2.45) is 40.9 Å². The molecule has 0 spiro atoms. The summed E-state index contributed by atoms with van der Waals surface area (Å²) in [6.07, 6.45) is -3.13. The minimum atomic E-state index is -2.15. The summed E-state index contributed by atoms with van der Waals surface area (Å²) in [7, 11) is 0. The van der Waals surface area contributed by atoms with Crippen LogP contribution in [-0.2, 0) is 33.4 Å². The van der Waals surface area contributed by atoms with Gasteiger partial charge >= 0.3 is 17.9 Å². The predicted octanol–water partition coefficient (Wildman–Crippen LogP) is 4.33. The van der Waals surface area contributed by atoms with Crippen molar-refractivity contribution in [1.29, 1.82) is 0 Å². The zero-order valence-corrected chi connectivity index (χ0v) is 28.7. The molecule has 0 aliphatic heterocycles. The molecule has 10 nitrogen and oxygen atoms in total. The van der Waals surface area contributed by atoms with Gasteiger partial charge in [0.05, 0.1) is 29.8 Å². The van der Waals surface area contributed by atoms with Crippen LogP contribution >= 0.6 is 0 Å². The number of fused-ring (bicyclic) bond motifs is 1. The predicted molar refractivity (Wildman–Crippen MR) is 168 cm³/mol. The van der Waals surface area contributed by atoms with Gasteiger partial charge in [-0.05, 0) is 31.6 Å². The van der Waals surface area contributed by atoms with Crippen molar-refractivity contribution in [2.45, 2.75) is 131 Å². The average molecular weight is 637 g/mol. The number of rotatable bonds is 9. The second-order valence-corrected chi connectivity index (χ2v) is 14.0. The highest BCUT2D eigenvalue weighted by atomic mass is 16.6. The van der Waals surface area contributed by atoms with Crippen LogP contribution in [0.15, 0.2) is 24.3 Å². The number of carbonyl (C=O) groups excluding carboxylic acids is 4. The number of hydrogen-bond donors (Lipinski definition) is 3. The minimum absolute atomic E-state index is 0.115. The Kier molecular flexibility index (Phi) is 13.2. The standard InChI is InChI=1S/C35H56O10/c1-12-18(4)31(39)43-26-23(9)27(44-32(40)19(5)13-2)28(45-33(41)20(6)14-3)30(38)34(10,11)16-15-21(7)29(37)35(42)17-22(8)25(36)24(26)35/h15-16,18-22,24-28,30,36,38,42H,9,12-14,17H2,1-8,10-11H3/b16-15+/t18-,19-,20-,21+,22+,24-,25+,26+,27+,28-,30-,35-/m1/s1. The normalized spacial score (nSPS) is 36.4. The molecule has 3 N–H and O–H groups in total. The molecule has 10 heteroatoms. The third-order valence-corrected chi connectivity index (χ3v) is 10.0. The fourth-order valence-corrected chi connectivity index (χ4v) is 5.89. The Hall–Kier alpha value is -2.56. The monoisotopic (exact) mass is 636 g/mol. The number of esters is 3. The van der Waals surface area contributed by atoms with Crippen LogP contribution in [0.25, 0.3) is 0 Å². The first-order valence-corrected chi connectivity index (χ1v) is 16.4. The molecule has 0 amide bonds. The van der Waals surface area contributed by atoms with Gasteiger partial charge < -0.3 is 29.5 Å². The maximum absolute atomic E-state index is 14.0. The van der Waals surface area contributed by atoms with E-state index in [1.54, 1.807) is 74.5 Å². The molecule has 0 bridgehead atoms. The van der Waals surface area contributed by atoms with Gasteiger partial charge in [0.1, 0.15) is 17.8 Å². The highest BCUT2D eigenvalue weighted by Crippen LogP contribution is 2.48. The lowest BCUT2D eigenvalue weighted by Gasteiger charge is -2.43. The molecular weight excluding hydrogens is 580 g/mol. The maximum atomic E-state index is 14.0. The van der Waals surface area contributed by atoms with Crippen LogP contribution in [-0.4, -0.2) is 75.1 Å². The molecule has 0 saturated heterocycles. The molecule has 256 valence electrons. The Morgan fingerprint density at radius 3 is 1.80 bits per heavy atom. The van der Waals surface area contributed by atoms with E-state index in [-0.39, 0.29) is 12.0 Å². The summed E-state index contributed by atoms with van der Waals surface area (Å²) in [6.45, 7) is 21.2. The quantitative estimate of drug-likeness (QED) is 0.189. The van der Waals surface area contributed by atoms with Crippen molar-refractivity contribution in [3.63, 3.8) is 0 Å². The van der Waals surface area contributed by atoms with E-state index in [9.17, 15) is 34.5 Å². The largest absolute Gasteiger partial charge is 0.457 e. The number of allylic oxidation sites excluding steroid dienone is 1. The van der Waals surface area contributed by atoms with Gasteiger partial charge in [0.15, 0.2) is 18.0 Å². The molecule has 0 heterocycles. The van der Waals surface area contributed by atoms with Crippen molar-refractivity contribution >= 4 is 23.7 Å². The van der Waals surface area contributed by atoms with E-state index in [0.29, 0.717) is 19.3 Å². The summed E-state index contributed by atoms with van der Waals surface area (Å²) < 4.78 is 18.0. The molecule has 0 radical (unpaired) electrons. The summed E-state index contributed by atoms with van der Waals surface area (Å²) in [5.74, 6) is -7.16. The number of carbonyl (C=O) groups is 4. The van der Waals surface area contributed by atoms with Crippen LogP contribution < -0.4 is 0 Å². The first-order valence-electron chi connectivity index (χ1n) is 16.4. The molecule has 1 fully saturated rings. The number of aliphatic hydroxyl groups excluding tert-OH is 2. The first kappa shape index (κ1) is 38.6. The highest BCUT2D eigenvalue weighted by Gasteiger charge is 2.61. The summed E-state index contributed by atoms with van der Waals surface area (Å²) in [6, 6.07) is 0. The SMILES string of the molecule is C=C1[C@H](OC(=O)[C@H](C)CC)[C@@H](OC(=O)[C@H](C)CC)[C@@H](O)C(C)(C)/C=C/[C@H](C)C(=O)[C@@]2(O)C[C@H](C)[C@H](O)[C@@H]2[C@H]1OC(=O)[C@H](C)CC. The van der Waals surface area contributed by atoms with E-state index in [4.69, 9.17) is 14.2 Å². The molecule has 12 atom stereocenters. The lowest BCUT2D eigenvalue weighted by Crippen LogP contribution is -2.57. The van der Waals surface area contributed by atoms with Crippen LogP contribution in [0.2, 0.25) is 0 Å². The Bertz CT molecular complexity index is 1130. The number of ketones is 1. The van der Waals surface area contributed by atoms with Crippen molar-refractivity contribution in [3.05, 3.63) is 24.3 Å². The summed E-state index contributed by atoms with van der Waals surface area (Å²) in [4.78, 5) is 54.0. The van der Waals surface area contributed by atoms with Gasteiger partial charge in [0, 0.05) is 16.9 Å². The van der Waals surface area contributed by atoms with E-state index in [1.165, 1.54) is 0 Å². The van der Waals surface area contributed by atoms with Crippen LogP contribution in [0.5, 0.6) is 0 Å². The van der Waals surface area contributed by atoms with E-state index >= 15 is 0 Å². The minimum Gasteiger partial charge on any atom is -0.457 e. The zero-order valence-electron chi connectivity index (χ0n) is 28.7. The number of aliphatic hydroxyl groups is 3. The molecule has 45 heavy (non-hydrogen) atoms. The molecular formula is C35H56O10. The van der Waals surface area contributed by atoms with Gasteiger partial charge in [-0.1, -0.05) is 88.0 Å². The van der Waals surface area contributed by atoms with Gasteiger partial charge in [-0.25, -0.2) is 0 Å². The molecule has 2 aliphatic carbocycles. The lowest BCUT2D eigenvalue weighted by molar-refractivity contribution is -0.188. The van der Waals surface area contributed by atoms with E-state index in [0.717, 1.165) is 0 Å². The van der Waals surface area contributed by atoms with Crippen LogP contribution in [0.1, 0.15) is 94.9 Å². The highest BCUT2D eigenvalue weighted by molar-refractivity contribution is 5.91. The lowest BCUT2D eigenvalue weighted by atomic mass is 9.72. The third-order valence-electron chi connectivity index (χ3n) is 10.0. The Morgan fingerprint density at radius 1 is 0.889 bits per heavy atom. The number of Topliss-reactive ketones (excluding diaryl/α,β-unsaturated/α-hetero) is 1. The van der Waals surface area contributed by atoms with Gasteiger partial charge in [0.2, 0.25) is 0 Å². The second kappa shape index (κ2) is 15.4. The van der Waals surface area contributed by atoms with E-state index in [1.807, 2.05) is 6.92 Å². The van der Waals surface area contributed by atoms with Crippen LogP contribution in [0, 0.1) is 40.9 Å². The number of hydrogen-bond acceptors (Lipinski definition) is 10. The Morgan fingerprint density at radius 2 is 1.33 bits per heavy atom. The molecule has 0 unspecified atom stereocenters. The smallest absolute Gasteiger partial charge is 0.309 e. The Balaban J connectivity index is 2.97. The number of ether oxygens (including phenoxy) is 3. The van der Waals surface area contributed by atoms with Crippen LogP contribution in [0.3, 0.4) is 0 Å². The van der Waals surface area contributed by atoms with Crippen LogP contribution in [0.4, 0.5) is 0 Å². The second-order valence-electron chi connectivity index (χ2n) is 14.0. The van der Waals surface area contributed by atoms with Gasteiger partial charge in [-0.3, -0.25) is 19.2 Å².